The predicted octanol–water partition coefficient (Wildman–Crippen LogP) is 1.77. The Kier molecular flexibility index (Phi) is 4.64. The largest absolute Gasteiger partial charge is 0.414 e. The zero-order valence-corrected chi connectivity index (χ0v) is 11.2. The minimum absolute atomic E-state index is 0.319. The molecule has 1 atom stereocenters. The molecule has 0 amide bonds. The Labute approximate surface area is 114 Å². The summed E-state index contributed by atoms with van der Waals surface area (Å²) in [6.45, 7) is 3.36. The van der Waals surface area contributed by atoms with Gasteiger partial charge in [-0.15, -0.1) is 0 Å². The van der Waals surface area contributed by atoms with Crippen LogP contribution < -0.4 is 0 Å². The van der Waals surface area contributed by atoms with E-state index in [0.717, 1.165) is 0 Å². The number of rotatable bonds is 4. The lowest BCUT2D eigenvalue weighted by atomic mass is 9.91. The smallest absolute Gasteiger partial charge is 0.383 e. The molecule has 0 saturated carbocycles. The fourth-order valence-electron chi connectivity index (χ4n) is 2.39. The molecule has 0 aliphatic carbocycles. The van der Waals surface area contributed by atoms with Gasteiger partial charge in [0.15, 0.2) is 11.9 Å². The maximum absolute atomic E-state index is 12.4. The number of aliphatic hydroxyl groups excluding tert-OH is 1. The molecule has 0 bridgehead atoms. The number of nitrogens with zero attached hydrogens (tertiary/aromatic N) is 3. The van der Waals surface area contributed by atoms with E-state index in [-0.39, 0.29) is 0 Å². The molecule has 2 rings (SSSR count). The van der Waals surface area contributed by atoms with E-state index in [2.05, 4.69) is 10.1 Å². The number of aromatic nitrogens is 2. The molecule has 114 valence electrons. The molecule has 0 radical (unpaired) electrons. The number of likely N-dealkylation sites (tertiary alicyclic amines) is 1. The highest BCUT2D eigenvalue weighted by Gasteiger charge is 2.44. The summed E-state index contributed by atoms with van der Waals surface area (Å²) in [5.74, 6) is 0.391. The van der Waals surface area contributed by atoms with Crippen LogP contribution in [-0.2, 0) is 13.0 Å². The summed E-state index contributed by atoms with van der Waals surface area (Å²) in [7, 11) is 0. The van der Waals surface area contributed by atoms with Crippen LogP contribution in [0, 0.1) is 5.92 Å². The SMILES string of the molecule is CCc1nc(CN2CCC(C(O)C(F)(F)F)CC2)no1. The quantitative estimate of drug-likeness (QED) is 0.916. The Morgan fingerprint density at radius 1 is 1.40 bits per heavy atom. The highest BCUT2D eigenvalue weighted by molar-refractivity contribution is 4.88. The fraction of sp³-hybridized carbons (Fsp3) is 0.833. The molecule has 1 saturated heterocycles. The summed E-state index contributed by atoms with van der Waals surface area (Å²) in [5.41, 5.74) is 0. The van der Waals surface area contributed by atoms with Gasteiger partial charge in [0, 0.05) is 6.42 Å². The van der Waals surface area contributed by atoms with Crippen molar-refractivity contribution in [2.45, 2.75) is 45.0 Å². The summed E-state index contributed by atoms with van der Waals surface area (Å²) in [6, 6.07) is 0. The molecule has 1 N–H and O–H groups in total. The number of aliphatic hydroxyl groups is 1. The van der Waals surface area contributed by atoms with E-state index < -0.39 is 18.2 Å². The van der Waals surface area contributed by atoms with E-state index in [9.17, 15) is 18.3 Å². The van der Waals surface area contributed by atoms with Crippen molar-refractivity contribution in [3.63, 3.8) is 0 Å². The summed E-state index contributed by atoms with van der Waals surface area (Å²) in [6.07, 6.45) is -5.46. The van der Waals surface area contributed by atoms with Gasteiger partial charge in [-0.2, -0.15) is 18.2 Å². The van der Waals surface area contributed by atoms with Crippen molar-refractivity contribution in [1.29, 1.82) is 0 Å². The first-order chi connectivity index (χ1) is 9.40. The third-order valence-corrected chi connectivity index (χ3v) is 3.59. The molecular weight excluding hydrogens is 275 g/mol. The van der Waals surface area contributed by atoms with Gasteiger partial charge >= 0.3 is 6.18 Å². The van der Waals surface area contributed by atoms with Crippen LogP contribution in [-0.4, -0.2) is 45.5 Å². The summed E-state index contributed by atoms with van der Waals surface area (Å²) >= 11 is 0. The minimum atomic E-state index is -4.53. The summed E-state index contributed by atoms with van der Waals surface area (Å²) in [5, 5.41) is 13.1. The van der Waals surface area contributed by atoms with Crippen LogP contribution in [0.1, 0.15) is 31.5 Å². The van der Waals surface area contributed by atoms with Crippen LogP contribution in [0.2, 0.25) is 0 Å². The van der Waals surface area contributed by atoms with Crippen LogP contribution in [0.3, 0.4) is 0 Å². The van der Waals surface area contributed by atoms with Gasteiger partial charge in [0.25, 0.3) is 0 Å². The molecule has 8 heteroatoms. The molecule has 1 aliphatic rings. The summed E-state index contributed by atoms with van der Waals surface area (Å²) in [4.78, 5) is 6.14. The van der Waals surface area contributed by atoms with Crippen LogP contribution in [0.15, 0.2) is 4.52 Å². The second kappa shape index (κ2) is 6.09. The molecule has 0 spiro atoms. The highest BCUT2D eigenvalue weighted by Crippen LogP contribution is 2.31. The van der Waals surface area contributed by atoms with E-state index in [1.54, 1.807) is 0 Å². The molecule has 2 heterocycles. The first kappa shape index (κ1) is 15.2. The van der Waals surface area contributed by atoms with Gasteiger partial charge in [0.2, 0.25) is 5.89 Å². The van der Waals surface area contributed by atoms with Crippen molar-refractivity contribution in [2.75, 3.05) is 13.1 Å². The molecule has 5 nitrogen and oxygen atoms in total. The van der Waals surface area contributed by atoms with E-state index in [0.29, 0.717) is 50.6 Å². The van der Waals surface area contributed by atoms with Gasteiger partial charge in [-0.25, -0.2) is 0 Å². The van der Waals surface area contributed by atoms with Crippen LogP contribution in [0.25, 0.3) is 0 Å². The first-order valence-corrected chi connectivity index (χ1v) is 6.68. The second-order valence-electron chi connectivity index (χ2n) is 5.06. The number of alkyl halides is 3. The number of halogens is 3. The zero-order chi connectivity index (χ0) is 14.8. The lowest BCUT2D eigenvalue weighted by molar-refractivity contribution is -0.223. The topological polar surface area (TPSA) is 62.4 Å². The Bertz CT molecular complexity index is 428. The lowest BCUT2D eigenvalue weighted by Gasteiger charge is -2.34. The van der Waals surface area contributed by atoms with Crippen molar-refractivity contribution in [3.05, 3.63) is 11.7 Å². The van der Waals surface area contributed by atoms with E-state index >= 15 is 0 Å². The molecular formula is C12H18F3N3O2. The Morgan fingerprint density at radius 3 is 2.55 bits per heavy atom. The molecule has 1 aliphatic heterocycles. The van der Waals surface area contributed by atoms with Crippen molar-refractivity contribution in [1.82, 2.24) is 15.0 Å². The fourth-order valence-corrected chi connectivity index (χ4v) is 2.39. The first-order valence-electron chi connectivity index (χ1n) is 6.68. The average molecular weight is 293 g/mol. The van der Waals surface area contributed by atoms with Gasteiger partial charge in [-0.3, -0.25) is 4.90 Å². The van der Waals surface area contributed by atoms with Crippen LogP contribution >= 0.6 is 0 Å². The number of hydrogen-bond donors (Lipinski definition) is 1. The molecule has 0 aromatic carbocycles. The van der Waals surface area contributed by atoms with Gasteiger partial charge < -0.3 is 9.63 Å². The number of piperidine rings is 1. The van der Waals surface area contributed by atoms with Gasteiger partial charge in [0.05, 0.1) is 6.54 Å². The monoisotopic (exact) mass is 293 g/mol. The van der Waals surface area contributed by atoms with Crippen molar-refractivity contribution in [2.24, 2.45) is 5.92 Å². The second-order valence-corrected chi connectivity index (χ2v) is 5.06. The summed E-state index contributed by atoms with van der Waals surface area (Å²) < 4.78 is 42.3. The Balaban J connectivity index is 1.82. The third-order valence-electron chi connectivity index (χ3n) is 3.59. The Morgan fingerprint density at radius 2 is 2.05 bits per heavy atom. The van der Waals surface area contributed by atoms with E-state index in [1.807, 2.05) is 11.8 Å². The number of hydrogen-bond acceptors (Lipinski definition) is 5. The van der Waals surface area contributed by atoms with Crippen molar-refractivity contribution < 1.29 is 22.8 Å². The van der Waals surface area contributed by atoms with E-state index in [4.69, 9.17) is 4.52 Å². The maximum Gasteiger partial charge on any atom is 0.414 e. The average Bonchev–Trinajstić information content (AvgIpc) is 2.85. The standard InChI is InChI=1S/C12H18F3N3O2/c1-2-10-16-9(17-20-10)7-18-5-3-8(4-6-18)11(19)12(13,14)15/h8,11,19H,2-7H2,1H3. The highest BCUT2D eigenvalue weighted by atomic mass is 19.4. The zero-order valence-electron chi connectivity index (χ0n) is 11.2. The predicted molar refractivity (Wildman–Crippen MR) is 63.7 cm³/mol. The van der Waals surface area contributed by atoms with Crippen LogP contribution in [0.5, 0.6) is 0 Å². The lowest BCUT2D eigenvalue weighted by Crippen LogP contribution is -2.43. The molecule has 1 aromatic rings. The molecule has 20 heavy (non-hydrogen) atoms. The van der Waals surface area contributed by atoms with Gasteiger partial charge in [-0.05, 0) is 31.8 Å². The van der Waals surface area contributed by atoms with Gasteiger partial charge in [-0.1, -0.05) is 12.1 Å². The molecule has 1 unspecified atom stereocenters. The Hall–Kier alpha value is -1.15. The van der Waals surface area contributed by atoms with Gasteiger partial charge in [0.1, 0.15) is 0 Å². The third kappa shape index (κ3) is 3.69. The van der Waals surface area contributed by atoms with E-state index in [1.165, 1.54) is 0 Å². The van der Waals surface area contributed by atoms with Crippen molar-refractivity contribution >= 4 is 0 Å². The molecule has 1 aromatic heterocycles. The van der Waals surface area contributed by atoms with Crippen LogP contribution in [0.4, 0.5) is 13.2 Å². The minimum Gasteiger partial charge on any atom is -0.383 e. The molecule has 1 fully saturated rings. The maximum atomic E-state index is 12.4. The normalized spacial score (nSPS) is 20.2. The van der Waals surface area contributed by atoms with Crippen molar-refractivity contribution in [3.8, 4) is 0 Å². The number of aryl methyl sites for hydroxylation is 1.